The standard InChI is InChI=1S/C25H32N2O7/c1-7-32-19-12-10-9-11-17(19)23(29)27-21(14(3)4)24(30)34-13-18(28)20-15(5)22(26-16(20)6)25(31)33-8-2/h9-12,14,21,26H,7-8,13H2,1-6H3,(H,27,29)/t21-/m0/s1. The van der Waals surface area contributed by atoms with Gasteiger partial charge in [0.1, 0.15) is 17.5 Å². The summed E-state index contributed by atoms with van der Waals surface area (Å²) in [6.07, 6.45) is 0. The number of aromatic nitrogens is 1. The first-order chi connectivity index (χ1) is 16.1. The average Bonchev–Trinajstić information content (AvgIpc) is 3.10. The van der Waals surface area contributed by atoms with Crippen LogP contribution in [0.1, 0.15) is 70.2 Å². The fourth-order valence-corrected chi connectivity index (χ4v) is 3.53. The third-order valence-electron chi connectivity index (χ3n) is 5.18. The van der Waals surface area contributed by atoms with Crippen molar-refractivity contribution in [3.63, 3.8) is 0 Å². The Morgan fingerprint density at radius 1 is 1.00 bits per heavy atom. The summed E-state index contributed by atoms with van der Waals surface area (Å²) in [6, 6.07) is 5.75. The van der Waals surface area contributed by atoms with E-state index < -0.39 is 36.3 Å². The largest absolute Gasteiger partial charge is 0.493 e. The van der Waals surface area contributed by atoms with Crippen LogP contribution in [0, 0.1) is 19.8 Å². The zero-order chi connectivity index (χ0) is 25.4. The Bertz CT molecular complexity index is 1060. The molecule has 1 aromatic heterocycles. The van der Waals surface area contributed by atoms with Crippen molar-refractivity contribution in [3.8, 4) is 5.75 Å². The lowest BCUT2D eigenvalue weighted by Gasteiger charge is -2.21. The highest BCUT2D eigenvalue weighted by Crippen LogP contribution is 2.21. The van der Waals surface area contributed by atoms with Gasteiger partial charge in [-0.2, -0.15) is 0 Å². The van der Waals surface area contributed by atoms with Crippen LogP contribution in [-0.4, -0.2) is 54.5 Å². The Labute approximate surface area is 199 Å². The molecule has 0 saturated carbocycles. The molecule has 2 rings (SSSR count). The van der Waals surface area contributed by atoms with Crippen molar-refractivity contribution in [1.29, 1.82) is 0 Å². The topological polar surface area (TPSA) is 124 Å². The molecule has 0 bridgehead atoms. The first-order valence-corrected chi connectivity index (χ1v) is 11.2. The van der Waals surface area contributed by atoms with Crippen LogP contribution in [0.5, 0.6) is 5.75 Å². The number of para-hydroxylation sites is 1. The van der Waals surface area contributed by atoms with Crippen LogP contribution in [-0.2, 0) is 14.3 Å². The summed E-state index contributed by atoms with van der Waals surface area (Å²) in [5.41, 5.74) is 1.66. The molecule has 9 nitrogen and oxygen atoms in total. The second kappa shape index (κ2) is 12.0. The summed E-state index contributed by atoms with van der Waals surface area (Å²) in [7, 11) is 0. The molecule has 2 N–H and O–H groups in total. The minimum absolute atomic E-state index is 0.189. The number of rotatable bonds is 11. The lowest BCUT2D eigenvalue weighted by Crippen LogP contribution is -2.45. The van der Waals surface area contributed by atoms with Gasteiger partial charge in [-0.3, -0.25) is 9.59 Å². The number of hydrogen-bond acceptors (Lipinski definition) is 7. The predicted molar refractivity (Wildman–Crippen MR) is 125 cm³/mol. The maximum atomic E-state index is 12.8. The van der Waals surface area contributed by atoms with E-state index in [1.165, 1.54) is 0 Å². The number of Topliss-reactive ketones (excluding diaryl/α,β-unsaturated/α-hetero) is 1. The number of ketones is 1. The van der Waals surface area contributed by atoms with E-state index in [0.717, 1.165) is 0 Å². The van der Waals surface area contributed by atoms with Crippen LogP contribution in [0.2, 0.25) is 0 Å². The van der Waals surface area contributed by atoms with Gasteiger partial charge in [0, 0.05) is 11.3 Å². The highest BCUT2D eigenvalue weighted by Gasteiger charge is 2.29. The maximum absolute atomic E-state index is 12.8. The average molecular weight is 473 g/mol. The highest BCUT2D eigenvalue weighted by atomic mass is 16.5. The number of carbonyl (C=O) groups is 4. The van der Waals surface area contributed by atoms with Crippen molar-refractivity contribution in [2.45, 2.75) is 47.6 Å². The number of H-pyrrole nitrogens is 1. The van der Waals surface area contributed by atoms with E-state index in [-0.39, 0.29) is 23.8 Å². The van der Waals surface area contributed by atoms with Gasteiger partial charge >= 0.3 is 11.9 Å². The first-order valence-electron chi connectivity index (χ1n) is 11.2. The lowest BCUT2D eigenvalue weighted by molar-refractivity contribution is -0.145. The molecular formula is C25H32N2O7. The van der Waals surface area contributed by atoms with Crippen LogP contribution < -0.4 is 10.1 Å². The number of hydrogen-bond donors (Lipinski definition) is 2. The second-order valence-corrected chi connectivity index (χ2v) is 8.00. The molecule has 9 heteroatoms. The van der Waals surface area contributed by atoms with Gasteiger partial charge in [0.15, 0.2) is 6.61 Å². The summed E-state index contributed by atoms with van der Waals surface area (Å²) in [6.45, 7) is 10.3. The molecule has 0 aliphatic rings. The molecule has 0 radical (unpaired) electrons. The molecule has 34 heavy (non-hydrogen) atoms. The zero-order valence-corrected chi connectivity index (χ0v) is 20.4. The number of carbonyl (C=O) groups excluding carboxylic acids is 4. The van der Waals surface area contributed by atoms with Gasteiger partial charge in [0.05, 0.1) is 18.8 Å². The molecule has 0 aliphatic carbocycles. The fraction of sp³-hybridized carbons (Fsp3) is 0.440. The van der Waals surface area contributed by atoms with Gasteiger partial charge in [-0.25, -0.2) is 9.59 Å². The third kappa shape index (κ3) is 6.24. The van der Waals surface area contributed by atoms with Crippen molar-refractivity contribution >= 4 is 23.6 Å². The number of amides is 1. The fourth-order valence-electron chi connectivity index (χ4n) is 3.53. The van der Waals surface area contributed by atoms with Crippen LogP contribution in [0.3, 0.4) is 0 Å². The Morgan fingerprint density at radius 3 is 2.29 bits per heavy atom. The number of aryl methyl sites for hydroxylation is 1. The van der Waals surface area contributed by atoms with Gasteiger partial charge in [0.25, 0.3) is 5.91 Å². The molecule has 1 amide bonds. The summed E-state index contributed by atoms with van der Waals surface area (Å²) >= 11 is 0. The number of benzene rings is 1. The second-order valence-electron chi connectivity index (χ2n) is 8.00. The normalized spacial score (nSPS) is 11.6. The van der Waals surface area contributed by atoms with E-state index in [2.05, 4.69) is 10.3 Å². The van der Waals surface area contributed by atoms with Crippen LogP contribution in [0.25, 0.3) is 0 Å². The van der Waals surface area contributed by atoms with Gasteiger partial charge in [-0.1, -0.05) is 26.0 Å². The quantitative estimate of drug-likeness (QED) is 0.379. The molecule has 0 aliphatic heterocycles. The summed E-state index contributed by atoms with van der Waals surface area (Å²) in [4.78, 5) is 53.3. The van der Waals surface area contributed by atoms with Crippen molar-refractivity contribution in [2.24, 2.45) is 5.92 Å². The molecule has 0 fully saturated rings. The van der Waals surface area contributed by atoms with E-state index >= 15 is 0 Å². The van der Waals surface area contributed by atoms with Crippen molar-refractivity contribution in [3.05, 3.63) is 52.3 Å². The number of nitrogens with one attached hydrogen (secondary N) is 2. The predicted octanol–water partition coefficient (Wildman–Crippen LogP) is 3.39. The van der Waals surface area contributed by atoms with Gasteiger partial charge in [-0.15, -0.1) is 0 Å². The molecule has 1 atom stereocenters. The third-order valence-corrected chi connectivity index (χ3v) is 5.18. The van der Waals surface area contributed by atoms with Crippen molar-refractivity contribution < 1.29 is 33.4 Å². The Kier molecular flexibility index (Phi) is 9.41. The summed E-state index contributed by atoms with van der Waals surface area (Å²) in [5, 5.41) is 2.68. The van der Waals surface area contributed by atoms with E-state index in [9.17, 15) is 19.2 Å². The highest BCUT2D eigenvalue weighted by molar-refractivity contribution is 6.04. The molecule has 0 unspecified atom stereocenters. The minimum Gasteiger partial charge on any atom is -0.493 e. The molecule has 184 valence electrons. The van der Waals surface area contributed by atoms with Crippen LogP contribution in [0.15, 0.2) is 24.3 Å². The van der Waals surface area contributed by atoms with Gasteiger partial charge < -0.3 is 24.5 Å². The maximum Gasteiger partial charge on any atom is 0.355 e. The molecule has 0 spiro atoms. The smallest absolute Gasteiger partial charge is 0.355 e. The number of aromatic amines is 1. The van der Waals surface area contributed by atoms with E-state index in [1.54, 1.807) is 58.9 Å². The SMILES string of the molecule is CCOC(=O)c1[nH]c(C)c(C(=O)COC(=O)[C@@H](NC(=O)c2ccccc2OCC)C(C)C)c1C. The van der Waals surface area contributed by atoms with Gasteiger partial charge in [0.2, 0.25) is 5.78 Å². The Hall–Kier alpha value is -3.62. The minimum atomic E-state index is -0.974. The number of esters is 2. The Balaban J connectivity index is 2.11. The van der Waals surface area contributed by atoms with Crippen molar-refractivity contribution in [1.82, 2.24) is 10.3 Å². The first kappa shape index (κ1) is 26.6. The molecule has 2 aromatic rings. The zero-order valence-electron chi connectivity index (χ0n) is 20.4. The van der Waals surface area contributed by atoms with Crippen molar-refractivity contribution in [2.75, 3.05) is 19.8 Å². The molecule has 0 saturated heterocycles. The van der Waals surface area contributed by atoms with Gasteiger partial charge in [-0.05, 0) is 51.3 Å². The van der Waals surface area contributed by atoms with E-state index in [0.29, 0.717) is 29.2 Å². The van der Waals surface area contributed by atoms with E-state index in [4.69, 9.17) is 14.2 Å². The van der Waals surface area contributed by atoms with Crippen LogP contribution in [0.4, 0.5) is 0 Å². The number of ether oxygens (including phenoxy) is 3. The molecule has 1 aromatic carbocycles. The monoisotopic (exact) mass is 472 g/mol. The lowest BCUT2D eigenvalue weighted by atomic mass is 10.0. The summed E-state index contributed by atoms with van der Waals surface area (Å²) in [5.74, 6) is -2.13. The Morgan fingerprint density at radius 2 is 1.68 bits per heavy atom. The molecular weight excluding hydrogens is 440 g/mol. The summed E-state index contributed by atoms with van der Waals surface area (Å²) < 4.78 is 15.7. The van der Waals surface area contributed by atoms with Crippen LogP contribution >= 0.6 is 0 Å². The molecule has 1 heterocycles. The van der Waals surface area contributed by atoms with E-state index in [1.807, 2.05) is 6.92 Å².